The van der Waals surface area contributed by atoms with E-state index in [0.717, 1.165) is 4.68 Å². The first-order valence-corrected chi connectivity index (χ1v) is 7.76. The van der Waals surface area contributed by atoms with Crippen LogP contribution in [0.1, 0.15) is 24.5 Å². The topological polar surface area (TPSA) is 86.2 Å². The quantitative estimate of drug-likeness (QED) is 0.722. The number of hydrogen-bond acceptors (Lipinski definition) is 5. The van der Waals surface area contributed by atoms with E-state index < -0.39 is 11.7 Å². The molecule has 0 radical (unpaired) electrons. The van der Waals surface area contributed by atoms with Gasteiger partial charge >= 0.3 is 11.7 Å². The molecule has 0 amide bonds. The Hall–Kier alpha value is -3.35. The zero-order valence-electron chi connectivity index (χ0n) is 13.8. The highest BCUT2D eigenvalue weighted by Crippen LogP contribution is 2.21. The minimum absolute atomic E-state index is 0.136. The van der Waals surface area contributed by atoms with Crippen molar-refractivity contribution in [1.29, 1.82) is 0 Å². The third-order valence-corrected chi connectivity index (χ3v) is 3.21. The van der Waals surface area contributed by atoms with Gasteiger partial charge in [-0.2, -0.15) is 4.68 Å². The summed E-state index contributed by atoms with van der Waals surface area (Å²) < 4.78 is 11.8. The van der Waals surface area contributed by atoms with Crippen LogP contribution in [0.3, 0.4) is 0 Å². The maximum Gasteiger partial charge on any atom is 0.376 e. The van der Waals surface area contributed by atoms with E-state index in [4.69, 9.17) is 9.47 Å². The van der Waals surface area contributed by atoms with E-state index >= 15 is 0 Å². The highest BCUT2D eigenvalue weighted by molar-refractivity contribution is 5.85. The Balaban J connectivity index is 1.79. The second-order valence-corrected chi connectivity index (χ2v) is 5.55. The number of nitrogens with one attached hydrogen (secondary N) is 1. The third-order valence-electron chi connectivity index (χ3n) is 3.21. The highest BCUT2D eigenvalue weighted by atomic mass is 16.5. The van der Waals surface area contributed by atoms with Gasteiger partial charge in [0, 0.05) is 0 Å². The van der Waals surface area contributed by atoms with Crippen molar-refractivity contribution >= 4 is 5.97 Å². The van der Waals surface area contributed by atoms with Crippen molar-refractivity contribution in [2.45, 2.75) is 20.0 Å². The fourth-order valence-electron chi connectivity index (χ4n) is 2.14. The summed E-state index contributed by atoms with van der Waals surface area (Å²) in [4.78, 5) is 26.2. The second kappa shape index (κ2) is 7.04. The molecule has 0 aliphatic rings. The molecule has 0 fully saturated rings. The minimum atomic E-state index is -0.671. The van der Waals surface area contributed by atoms with Crippen molar-refractivity contribution in [3.63, 3.8) is 0 Å². The van der Waals surface area contributed by atoms with Gasteiger partial charge in [0.2, 0.25) is 5.82 Å². The zero-order valence-corrected chi connectivity index (χ0v) is 13.8. The van der Waals surface area contributed by atoms with Gasteiger partial charge in [-0.05, 0) is 50.2 Å². The number of aromatic amines is 1. The van der Waals surface area contributed by atoms with Crippen LogP contribution in [0.5, 0.6) is 11.5 Å². The molecule has 0 spiro atoms. The van der Waals surface area contributed by atoms with Gasteiger partial charge < -0.3 is 9.47 Å². The minimum Gasteiger partial charge on any atom is -0.457 e. The monoisotopic (exact) mass is 339 g/mol. The number of rotatable bonds is 5. The maximum atomic E-state index is 12.0. The van der Waals surface area contributed by atoms with Crippen molar-refractivity contribution < 1.29 is 14.3 Å². The Bertz CT molecular complexity index is 911. The Kier molecular flexibility index (Phi) is 4.65. The molecule has 0 saturated carbocycles. The van der Waals surface area contributed by atoms with Crippen molar-refractivity contribution in [2.75, 3.05) is 0 Å². The first-order valence-electron chi connectivity index (χ1n) is 7.76. The Morgan fingerprint density at radius 3 is 2.32 bits per heavy atom. The highest BCUT2D eigenvalue weighted by Gasteiger charge is 2.16. The van der Waals surface area contributed by atoms with Gasteiger partial charge in [0.1, 0.15) is 11.5 Å². The van der Waals surface area contributed by atoms with E-state index in [2.05, 4.69) is 10.1 Å². The van der Waals surface area contributed by atoms with Gasteiger partial charge in [-0.3, -0.25) is 4.98 Å². The molecule has 128 valence electrons. The largest absolute Gasteiger partial charge is 0.457 e. The molecule has 1 N–H and O–H groups in total. The molecule has 0 atom stereocenters. The number of nitrogens with zero attached hydrogens (tertiary/aromatic N) is 2. The normalized spacial score (nSPS) is 10.7. The predicted molar refractivity (Wildman–Crippen MR) is 91.3 cm³/mol. The van der Waals surface area contributed by atoms with Crippen LogP contribution < -0.4 is 10.4 Å². The first kappa shape index (κ1) is 16.5. The lowest BCUT2D eigenvalue weighted by atomic mass is 10.3. The Morgan fingerprint density at radius 1 is 1.04 bits per heavy atom. The van der Waals surface area contributed by atoms with Crippen LogP contribution in [0.2, 0.25) is 0 Å². The average Bonchev–Trinajstić information content (AvgIpc) is 2.98. The number of para-hydroxylation sites is 1. The zero-order chi connectivity index (χ0) is 17.8. The molecule has 0 aliphatic heterocycles. The summed E-state index contributed by atoms with van der Waals surface area (Å²) >= 11 is 0. The summed E-state index contributed by atoms with van der Waals surface area (Å²) in [6, 6.07) is 16.1. The number of aromatic nitrogens is 3. The van der Waals surface area contributed by atoms with Crippen molar-refractivity contribution in [2.24, 2.45) is 0 Å². The van der Waals surface area contributed by atoms with E-state index in [1.54, 1.807) is 38.1 Å². The number of benzene rings is 2. The number of H-pyrrole nitrogens is 1. The number of ether oxygens (including phenoxy) is 2. The van der Waals surface area contributed by atoms with Crippen molar-refractivity contribution in [3.8, 4) is 17.2 Å². The molecule has 0 aliphatic carbocycles. The summed E-state index contributed by atoms with van der Waals surface area (Å²) in [5.74, 6) is 0.530. The average molecular weight is 339 g/mol. The fraction of sp³-hybridized carbons (Fsp3) is 0.167. The third kappa shape index (κ3) is 3.95. The molecule has 3 aromatic rings. The van der Waals surface area contributed by atoms with E-state index in [1.807, 2.05) is 30.3 Å². The lowest BCUT2D eigenvalue weighted by molar-refractivity contribution is 0.0363. The lowest BCUT2D eigenvalue weighted by Crippen LogP contribution is -2.15. The molecule has 7 heteroatoms. The molecule has 0 bridgehead atoms. The van der Waals surface area contributed by atoms with Crippen molar-refractivity contribution in [1.82, 2.24) is 14.8 Å². The summed E-state index contributed by atoms with van der Waals surface area (Å²) in [6.07, 6.45) is -0.296. The molecule has 3 rings (SSSR count). The molecule has 0 unspecified atom stereocenters. The lowest BCUT2D eigenvalue weighted by Gasteiger charge is -2.06. The van der Waals surface area contributed by atoms with E-state index in [-0.39, 0.29) is 11.9 Å². The van der Waals surface area contributed by atoms with E-state index in [0.29, 0.717) is 17.2 Å². The van der Waals surface area contributed by atoms with Crippen molar-refractivity contribution in [3.05, 3.63) is 70.9 Å². The number of carbonyl (C=O) groups excluding carboxylic acids is 1. The molecule has 1 aromatic heterocycles. The first-order chi connectivity index (χ1) is 12.0. The Morgan fingerprint density at radius 2 is 1.68 bits per heavy atom. The van der Waals surface area contributed by atoms with Gasteiger partial charge in [-0.15, -0.1) is 5.10 Å². The summed E-state index contributed by atoms with van der Waals surface area (Å²) in [5.41, 5.74) is -0.0160. The molecule has 1 heterocycles. The fourth-order valence-corrected chi connectivity index (χ4v) is 2.14. The number of esters is 1. The molecule has 7 nitrogen and oxygen atoms in total. The van der Waals surface area contributed by atoms with Gasteiger partial charge in [-0.25, -0.2) is 9.59 Å². The van der Waals surface area contributed by atoms with Crippen LogP contribution in [-0.4, -0.2) is 26.8 Å². The number of hydrogen-bond donors (Lipinski definition) is 1. The van der Waals surface area contributed by atoms with E-state index in [1.165, 1.54) is 0 Å². The molecule has 0 saturated heterocycles. The van der Waals surface area contributed by atoms with Crippen LogP contribution >= 0.6 is 0 Å². The van der Waals surface area contributed by atoms with Gasteiger partial charge in [-0.1, -0.05) is 18.2 Å². The van der Waals surface area contributed by atoms with Crippen LogP contribution in [0.4, 0.5) is 0 Å². The predicted octanol–water partition coefficient (Wildman–Crippen LogP) is 2.92. The smallest absolute Gasteiger partial charge is 0.376 e. The van der Waals surface area contributed by atoms with E-state index in [9.17, 15) is 9.59 Å². The summed E-state index contributed by atoms with van der Waals surface area (Å²) in [6.45, 7) is 3.44. The van der Waals surface area contributed by atoms with Gasteiger partial charge in [0.25, 0.3) is 0 Å². The Labute approximate surface area is 143 Å². The second-order valence-electron chi connectivity index (χ2n) is 5.55. The standard InChI is InChI=1S/C18H17N3O4/c1-12(2)24-17(22)16-19-18(23)21(20-16)13-8-10-15(11-9-13)25-14-6-4-3-5-7-14/h3-12H,1-2H3,(H,19,20,23). The van der Waals surface area contributed by atoms with Crippen LogP contribution in [0.15, 0.2) is 59.4 Å². The summed E-state index contributed by atoms with van der Waals surface area (Å²) in [7, 11) is 0. The molecule has 2 aromatic carbocycles. The number of carbonyl (C=O) groups is 1. The SMILES string of the molecule is CC(C)OC(=O)c1nn(-c2ccc(Oc3ccccc3)cc2)c(=O)[nH]1. The van der Waals surface area contributed by atoms with Crippen LogP contribution in [-0.2, 0) is 4.74 Å². The summed E-state index contributed by atoms with van der Waals surface area (Å²) in [5, 5.41) is 3.98. The van der Waals surface area contributed by atoms with Gasteiger partial charge in [0.05, 0.1) is 11.8 Å². The molecular formula is C18H17N3O4. The van der Waals surface area contributed by atoms with Gasteiger partial charge in [0.15, 0.2) is 0 Å². The maximum absolute atomic E-state index is 12.0. The molecular weight excluding hydrogens is 322 g/mol. The molecule has 25 heavy (non-hydrogen) atoms. The van der Waals surface area contributed by atoms with Crippen LogP contribution in [0, 0.1) is 0 Å². The van der Waals surface area contributed by atoms with Crippen LogP contribution in [0.25, 0.3) is 5.69 Å².